The number of carbonyl (C=O) groups excluding carboxylic acids is 1. The van der Waals surface area contributed by atoms with Crippen molar-refractivity contribution in [1.82, 2.24) is 4.90 Å². The van der Waals surface area contributed by atoms with Gasteiger partial charge < -0.3 is 24.0 Å². The van der Waals surface area contributed by atoms with Gasteiger partial charge in [0.05, 0.1) is 13.2 Å². The normalized spacial score (nSPS) is 17.6. The topological polar surface area (TPSA) is 51.2 Å². The Kier molecular flexibility index (Phi) is 5.57. The van der Waals surface area contributed by atoms with Crippen LogP contribution in [0.5, 0.6) is 0 Å². The Morgan fingerprint density at radius 1 is 1.00 bits per heavy atom. The molecule has 2 aliphatic rings. The van der Waals surface area contributed by atoms with E-state index in [1.165, 1.54) is 15.8 Å². The molecule has 1 aromatic heterocycles. The lowest BCUT2D eigenvalue weighted by molar-refractivity contribution is -0.0427. The van der Waals surface area contributed by atoms with Crippen molar-refractivity contribution in [2.24, 2.45) is 0 Å². The zero-order valence-corrected chi connectivity index (χ0v) is 17.5. The Bertz CT molecular complexity index is 1010. The number of anilines is 1. The maximum Gasteiger partial charge on any atom is 0.410 e. The first-order chi connectivity index (χ1) is 14.8. The minimum absolute atomic E-state index is 0.249. The minimum Gasteiger partial charge on any atom is -0.445 e. The van der Waals surface area contributed by atoms with Gasteiger partial charge in [-0.3, -0.25) is 0 Å². The first-order valence-electron chi connectivity index (χ1n) is 10.2. The van der Waals surface area contributed by atoms with E-state index in [0.717, 1.165) is 24.2 Å². The third-order valence-corrected chi connectivity index (χ3v) is 6.53. The zero-order valence-electron chi connectivity index (χ0n) is 16.7. The van der Waals surface area contributed by atoms with Crippen LogP contribution in [0.3, 0.4) is 0 Å². The maximum atomic E-state index is 12.5. The standard InChI is InChI=1S/C23H24N2O4S/c26-23(29-15-17-5-2-1-3-6-17)25-11-9-24(10-12-25)19-7-4-8-20-21(19)18(16-30-20)22-27-13-14-28-22/h1-8,16,22H,9-15H2. The summed E-state index contributed by atoms with van der Waals surface area (Å²) in [5, 5.41) is 3.34. The molecule has 0 unspecified atom stereocenters. The molecule has 0 aliphatic carbocycles. The summed E-state index contributed by atoms with van der Waals surface area (Å²) in [6.45, 7) is 4.38. The fourth-order valence-corrected chi connectivity index (χ4v) is 4.99. The molecule has 0 spiro atoms. The molecule has 0 atom stereocenters. The minimum atomic E-state index is -0.283. The molecular formula is C23H24N2O4S. The van der Waals surface area contributed by atoms with E-state index in [2.05, 4.69) is 28.5 Å². The summed E-state index contributed by atoms with van der Waals surface area (Å²) < 4.78 is 18.2. The van der Waals surface area contributed by atoms with Gasteiger partial charge in [0.1, 0.15) is 6.61 Å². The zero-order chi connectivity index (χ0) is 20.3. The predicted molar refractivity (Wildman–Crippen MR) is 117 cm³/mol. The van der Waals surface area contributed by atoms with E-state index in [4.69, 9.17) is 14.2 Å². The number of carbonyl (C=O) groups is 1. The van der Waals surface area contributed by atoms with Gasteiger partial charge in [-0.1, -0.05) is 36.4 Å². The lowest BCUT2D eigenvalue weighted by atomic mass is 10.1. The van der Waals surface area contributed by atoms with Crippen LogP contribution in [-0.4, -0.2) is 50.4 Å². The quantitative estimate of drug-likeness (QED) is 0.621. The number of ether oxygens (including phenoxy) is 3. The molecule has 0 bridgehead atoms. The second kappa shape index (κ2) is 8.63. The lowest BCUT2D eigenvalue weighted by Crippen LogP contribution is -2.49. The Labute approximate surface area is 179 Å². The molecule has 5 rings (SSSR count). The van der Waals surface area contributed by atoms with Crippen molar-refractivity contribution in [2.75, 3.05) is 44.3 Å². The first kappa shape index (κ1) is 19.4. The average molecular weight is 425 g/mol. The molecule has 2 saturated heterocycles. The number of piperazine rings is 1. The van der Waals surface area contributed by atoms with Gasteiger partial charge in [0.2, 0.25) is 0 Å². The molecular weight excluding hydrogens is 400 g/mol. The number of hydrogen-bond donors (Lipinski definition) is 0. The SMILES string of the molecule is O=C(OCc1ccccc1)N1CCN(c2cccc3scc(C4OCCO4)c23)CC1. The fourth-order valence-electron chi connectivity index (χ4n) is 4.01. The number of thiophene rings is 1. The number of rotatable bonds is 4. The van der Waals surface area contributed by atoms with Crippen LogP contribution in [-0.2, 0) is 20.8 Å². The fraction of sp³-hybridized carbons (Fsp3) is 0.348. The van der Waals surface area contributed by atoms with Gasteiger partial charge in [-0.05, 0) is 17.7 Å². The van der Waals surface area contributed by atoms with E-state index < -0.39 is 0 Å². The van der Waals surface area contributed by atoms with Crippen LogP contribution in [0.25, 0.3) is 10.1 Å². The van der Waals surface area contributed by atoms with Crippen molar-refractivity contribution >= 4 is 33.2 Å². The van der Waals surface area contributed by atoms with Gasteiger partial charge in [-0.2, -0.15) is 0 Å². The number of nitrogens with zero attached hydrogens (tertiary/aromatic N) is 2. The molecule has 2 fully saturated rings. The van der Waals surface area contributed by atoms with Gasteiger partial charge in [0.15, 0.2) is 6.29 Å². The van der Waals surface area contributed by atoms with Gasteiger partial charge in [0.25, 0.3) is 0 Å². The molecule has 7 heteroatoms. The molecule has 3 heterocycles. The number of benzene rings is 2. The first-order valence-corrected chi connectivity index (χ1v) is 11.1. The molecule has 30 heavy (non-hydrogen) atoms. The van der Waals surface area contributed by atoms with Gasteiger partial charge >= 0.3 is 6.09 Å². The highest BCUT2D eigenvalue weighted by atomic mass is 32.1. The third kappa shape index (κ3) is 3.88. The van der Waals surface area contributed by atoms with Crippen LogP contribution in [0.1, 0.15) is 17.4 Å². The number of hydrogen-bond acceptors (Lipinski definition) is 6. The smallest absolute Gasteiger partial charge is 0.410 e. The van der Waals surface area contributed by atoms with Crippen LogP contribution in [0, 0.1) is 0 Å². The van der Waals surface area contributed by atoms with Crippen LogP contribution in [0.15, 0.2) is 53.9 Å². The molecule has 3 aromatic rings. The summed E-state index contributed by atoms with van der Waals surface area (Å²) in [7, 11) is 0. The Balaban J connectivity index is 1.26. The van der Waals surface area contributed by atoms with Crippen LogP contribution < -0.4 is 4.90 Å². The second-order valence-corrected chi connectivity index (χ2v) is 8.34. The summed E-state index contributed by atoms with van der Waals surface area (Å²) in [5.41, 5.74) is 3.28. The van der Waals surface area contributed by atoms with E-state index in [1.807, 2.05) is 30.3 Å². The summed E-state index contributed by atoms with van der Waals surface area (Å²) in [5.74, 6) is 0. The molecule has 2 aromatic carbocycles. The molecule has 0 radical (unpaired) electrons. The average Bonchev–Trinajstić information content (AvgIpc) is 3.48. The van der Waals surface area contributed by atoms with Crippen molar-refractivity contribution in [3.05, 3.63) is 65.0 Å². The largest absolute Gasteiger partial charge is 0.445 e. The third-order valence-electron chi connectivity index (χ3n) is 5.57. The summed E-state index contributed by atoms with van der Waals surface area (Å²) in [4.78, 5) is 16.6. The van der Waals surface area contributed by atoms with E-state index >= 15 is 0 Å². The summed E-state index contributed by atoms with van der Waals surface area (Å²) in [6, 6.07) is 16.1. The monoisotopic (exact) mass is 424 g/mol. The van der Waals surface area contributed by atoms with Crippen molar-refractivity contribution in [3.8, 4) is 0 Å². The van der Waals surface area contributed by atoms with Gasteiger partial charge in [0, 0.05) is 52.9 Å². The highest BCUT2D eigenvalue weighted by Crippen LogP contribution is 2.40. The maximum absolute atomic E-state index is 12.5. The Morgan fingerprint density at radius 3 is 2.53 bits per heavy atom. The van der Waals surface area contributed by atoms with E-state index in [-0.39, 0.29) is 12.4 Å². The van der Waals surface area contributed by atoms with Crippen molar-refractivity contribution < 1.29 is 19.0 Å². The summed E-state index contributed by atoms with van der Waals surface area (Å²) >= 11 is 1.72. The van der Waals surface area contributed by atoms with E-state index in [0.29, 0.717) is 32.9 Å². The predicted octanol–water partition coefficient (Wildman–Crippen LogP) is 4.41. The molecule has 1 amide bonds. The molecule has 2 aliphatic heterocycles. The van der Waals surface area contributed by atoms with Crippen molar-refractivity contribution in [3.63, 3.8) is 0 Å². The Morgan fingerprint density at radius 2 is 1.77 bits per heavy atom. The van der Waals surface area contributed by atoms with Crippen LogP contribution in [0.4, 0.5) is 10.5 Å². The highest BCUT2D eigenvalue weighted by Gasteiger charge is 2.27. The summed E-state index contributed by atoms with van der Waals surface area (Å²) in [6.07, 6.45) is -0.533. The molecule has 0 saturated carbocycles. The lowest BCUT2D eigenvalue weighted by Gasteiger charge is -2.36. The van der Waals surface area contributed by atoms with Gasteiger partial charge in [-0.25, -0.2) is 4.79 Å². The molecule has 156 valence electrons. The number of fused-ring (bicyclic) bond motifs is 1. The molecule has 6 nitrogen and oxygen atoms in total. The molecule has 0 N–H and O–H groups in total. The van der Waals surface area contributed by atoms with Crippen molar-refractivity contribution in [1.29, 1.82) is 0 Å². The van der Waals surface area contributed by atoms with Gasteiger partial charge in [-0.15, -0.1) is 11.3 Å². The Hall–Kier alpha value is -2.61. The van der Waals surface area contributed by atoms with E-state index in [9.17, 15) is 4.79 Å². The highest BCUT2D eigenvalue weighted by molar-refractivity contribution is 7.17. The van der Waals surface area contributed by atoms with Crippen LogP contribution in [0.2, 0.25) is 0 Å². The van der Waals surface area contributed by atoms with Crippen LogP contribution >= 0.6 is 11.3 Å². The van der Waals surface area contributed by atoms with E-state index in [1.54, 1.807) is 16.2 Å². The number of amides is 1. The van der Waals surface area contributed by atoms with Crippen molar-refractivity contribution in [2.45, 2.75) is 12.9 Å². The second-order valence-electron chi connectivity index (χ2n) is 7.43.